The number of para-hydroxylation sites is 1. The lowest BCUT2D eigenvalue weighted by Gasteiger charge is -2.40. The number of carbonyl (C=O) groups excluding carboxylic acids is 1. The molecule has 0 radical (unpaired) electrons. The number of thiazole rings is 1. The predicted octanol–water partition coefficient (Wildman–Crippen LogP) is 2.50. The summed E-state index contributed by atoms with van der Waals surface area (Å²) in [5.41, 5.74) is 0.969. The molecule has 3 heterocycles. The second-order valence-corrected chi connectivity index (χ2v) is 8.03. The van der Waals surface area contributed by atoms with Crippen molar-refractivity contribution in [3.63, 3.8) is 0 Å². The van der Waals surface area contributed by atoms with Crippen molar-refractivity contribution in [2.24, 2.45) is 0 Å². The van der Waals surface area contributed by atoms with E-state index in [9.17, 15) is 9.59 Å². The Morgan fingerprint density at radius 1 is 1.31 bits per heavy atom. The summed E-state index contributed by atoms with van der Waals surface area (Å²) in [7, 11) is 0. The number of hydrogen-bond donors (Lipinski definition) is 0. The summed E-state index contributed by atoms with van der Waals surface area (Å²) in [4.78, 5) is 34.6. The summed E-state index contributed by atoms with van der Waals surface area (Å²) in [5.74, 6) is 0.661. The molecule has 1 aromatic carbocycles. The van der Waals surface area contributed by atoms with Crippen LogP contribution in [0.5, 0.6) is 5.75 Å². The van der Waals surface area contributed by atoms with E-state index in [1.54, 1.807) is 16.5 Å². The van der Waals surface area contributed by atoms with Crippen molar-refractivity contribution < 1.29 is 9.53 Å². The molecule has 0 saturated carbocycles. The van der Waals surface area contributed by atoms with Crippen LogP contribution in [0.1, 0.15) is 29.8 Å². The maximum Gasteiger partial charge on any atom is 0.271 e. The minimum absolute atomic E-state index is 0.00178. The number of rotatable bonds is 5. The quantitative estimate of drug-likeness (QED) is 0.644. The number of aromatic nitrogens is 2. The third-order valence-corrected chi connectivity index (χ3v) is 5.98. The van der Waals surface area contributed by atoms with Gasteiger partial charge in [-0.05, 0) is 19.9 Å². The highest BCUT2D eigenvalue weighted by Gasteiger charge is 2.30. The van der Waals surface area contributed by atoms with E-state index in [1.165, 1.54) is 21.9 Å². The van der Waals surface area contributed by atoms with Crippen LogP contribution in [0.25, 0.3) is 4.96 Å². The SMILES string of the molecule is CCOc1ccccc1CN1CCN(C(=O)c2cnc3sccn3c2=O)C(C)C1. The zero-order chi connectivity index (χ0) is 20.4. The maximum atomic E-state index is 13.0. The lowest BCUT2D eigenvalue weighted by Crippen LogP contribution is -2.54. The van der Waals surface area contributed by atoms with Gasteiger partial charge in [-0.3, -0.25) is 18.9 Å². The molecule has 1 amide bonds. The van der Waals surface area contributed by atoms with Crippen LogP contribution < -0.4 is 10.3 Å². The Hall–Kier alpha value is -2.71. The molecule has 0 bridgehead atoms. The summed E-state index contributed by atoms with van der Waals surface area (Å²) in [5, 5.41) is 1.79. The van der Waals surface area contributed by atoms with Crippen molar-refractivity contribution in [1.29, 1.82) is 0 Å². The second kappa shape index (κ2) is 8.34. The van der Waals surface area contributed by atoms with Gasteiger partial charge in [0, 0.05) is 55.6 Å². The summed E-state index contributed by atoms with van der Waals surface area (Å²) in [6, 6.07) is 8.06. The molecular weight excluding hydrogens is 388 g/mol. The van der Waals surface area contributed by atoms with Crippen LogP contribution in [0.4, 0.5) is 0 Å². The number of fused-ring (bicyclic) bond motifs is 1. The number of nitrogens with zero attached hydrogens (tertiary/aromatic N) is 4. The van der Waals surface area contributed by atoms with Crippen LogP contribution in [-0.4, -0.2) is 57.4 Å². The Morgan fingerprint density at radius 2 is 2.14 bits per heavy atom. The molecule has 29 heavy (non-hydrogen) atoms. The van der Waals surface area contributed by atoms with E-state index in [2.05, 4.69) is 16.0 Å². The highest BCUT2D eigenvalue weighted by Crippen LogP contribution is 2.22. The van der Waals surface area contributed by atoms with E-state index in [0.717, 1.165) is 30.9 Å². The number of piperazine rings is 1. The fourth-order valence-corrected chi connectivity index (χ4v) is 4.45. The molecule has 8 heteroatoms. The van der Waals surface area contributed by atoms with Gasteiger partial charge in [0.2, 0.25) is 0 Å². The molecule has 1 fully saturated rings. The van der Waals surface area contributed by atoms with Gasteiger partial charge >= 0.3 is 0 Å². The van der Waals surface area contributed by atoms with E-state index in [4.69, 9.17) is 4.74 Å². The topological polar surface area (TPSA) is 67.2 Å². The lowest BCUT2D eigenvalue weighted by atomic mass is 10.1. The normalized spacial score (nSPS) is 17.6. The van der Waals surface area contributed by atoms with Crippen LogP contribution in [0.2, 0.25) is 0 Å². The predicted molar refractivity (Wildman–Crippen MR) is 113 cm³/mol. The number of benzene rings is 1. The molecule has 1 aliphatic rings. The molecule has 1 aliphatic heterocycles. The Kier molecular flexibility index (Phi) is 5.64. The molecule has 7 nitrogen and oxygen atoms in total. The average molecular weight is 413 g/mol. The van der Waals surface area contributed by atoms with Gasteiger partial charge in [-0.25, -0.2) is 4.98 Å². The van der Waals surface area contributed by atoms with Crippen molar-refractivity contribution in [1.82, 2.24) is 19.2 Å². The monoisotopic (exact) mass is 412 g/mol. The zero-order valence-corrected chi connectivity index (χ0v) is 17.4. The smallest absolute Gasteiger partial charge is 0.271 e. The van der Waals surface area contributed by atoms with Gasteiger partial charge in [0.1, 0.15) is 11.3 Å². The van der Waals surface area contributed by atoms with E-state index < -0.39 is 0 Å². The number of amides is 1. The first-order valence-electron chi connectivity index (χ1n) is 9.77. The summed E-state index contributed by atoms with van der Waals surface area (Å²) < 4.78 is 7.16. The van der Waals surface area contributed by atoms with Gasteiger partial charge < -0.3 is 9.64 Å². The van der Waals surface area contributed by atoms with Crippen molar-refractivity contribution >= 4 is 22.2 Å². The Bertz CT molecular complexity index is 1080. The summed E-state index contributed by atoms with van der Waals surface area (Å²) >= 11 is 1.37. The number of hydrogen-bond acceptors (Lipinski definition) is 6. The number of carbonyl (C=O) groups is 1. The fourth-order valence-electron chi connectivity index (χ4n) is 3.78. The zero-order valence-electron chi connectivity index (χ0n) is 16.6. The Morgan fingerprint density at radius 3 is 2.93 bits per heavy atom. The van der Waals surface area contributed by atoms with Gasteiger partial charge in [0.15, 0.2) is 4.96 Å². The summed E-state index contributed by atoms with van der Waals surface area (Å²) in [6.07, 6.45) is 3.07. The van der Waals surface area contributed by atoms with Crippen LogP contribution in [-0.2, 0) is 6.54 Å². The minimum Gasteiger partial charge on any atom is -0.494 e. The first-order chi connectivity index (χ1) is 14.1. The molecular formula is C21H24N4O3S. The second-order valence-electron chi connectivity index (χ2n) is 7.16. The van der Waals surface area contributed by atoms with Crippen molar-refractivity contribution in [2.75, 3.05) is 26.2 Å². The molecule has 4 rings (SSSR count). The number of ether oxygens (including phenoxy) is 1. The van der Waals surface area contributed by atoms with Crippen LogP contribution in [0, 0.1) is 0 Å². The van der Waals surface area contributed by atoms with Crippen LogP contribution >= 0.6 is 11.3 Å². The Labute approximate surface area is 173 Å². The summed E-state index contributed by atoms with van der Waals surface area (Å²) in [6.45, 7) is 7.46. The van der Waals surface area contributed by atoms with Gasteiger partial charge in [0.25, 0.3) is 11.5 Å². The van der Waals surface area contributed by atoms with Crippen molar-refractivity contribution in [3.05, 3.63) is 63.5 Å². The van der Waals surface area contributed by atoms with Gasteiger partial charge in [-0.2, -0.15) is 0 Å². The molecule has 152 valence electrons. The molecule has 1 atom stereocenters. The largest absolute Gasteiger partial charge is 0.494 e. The maximum absolute atomic E-state index is 13.0. The lowest BCUT2D eigenvalue weighted by molar-refractivity contribution is 0.0471. The van der Waals surface area contributed by atoms with E-state index in [0.29, 0.717) is 18.1 Å². The first-order valence-corrected chi connectivity index (χ1v) is 10.7. The molecule has 0 spiro atoms. The minimum atomic E-state index is -0.304. The molecule has 1 saturated heterocycles. The van der Waals surface area contributed by atoms with Crippen molar-refractivity contribution in [2.45, 2.75) is 26.4 Å². The third kappa shape index (κ3) is 3.90. The molecule has 1 unspecified atom stereocenters. The van der Waals surface area contributed by atoms with Crippen LogP contribution in [0.3, 0.4) is 0 Å². The fraction of sp³-hybridized carbons (Fsp3) is 0.381. The molecule has 0 aliphatic carbocycles. The van der Waals surface area contributed by atoms with Crippen LogP contribution in [0.15, 0.2) is 46.8 Å². The van der Waals surface area contributed by atoms with Gasteiger partial charge in [0.05, 0.1) is 6.61 Å². The van der Waals surface area contributed by atoms with E-state index in [1.807, 2.05) is 32.0 Å². The van der Waals surface area contributed by atoms with Gasteiger partial charge in [-0.15, -0.1) is 11.3 Å². The van der Waals surface area contributed by atoms with Crippen molar-refractivity contribution in [3.8, 4) is 5.75 Å². The third-order valence-electron chi connectivity index (χ3n) is 5.21. The molecule has 2 aromatic heterocycles. The van der Waals surface area contributed by atoms with E-state index in [-0.39, 0.29) is 23.1 Å². The average Bonchev–Trinajstić information content (AvgIpc) is 3.19. The Balaban J connectivity index is 1.47. The molecule has 0 N–H and O–H groups in total. The van der Waals surface area contributed by atoms with E-state index >= 15 is 0 Å². The first kappa shape index (κ1) is 19.6. The highest BCUT2D eigenvalue weighted by molar-refractivity contribution is 7.15. The van der Waals surface area contributed by atoms with Gasteiger partial charge in [-0.1, -0.05) is 18.2 Å². The molecule has 3 aromatic rings. The standard InChI is InChI=1S/C21H24N4O3S/c1-3-28-18-7-5-4-6-16(18)14-23-8-9-24(15(2)13-23)19(26)17-12-22-21-25(20(17)27)10-11-29-21/h4-7,10-12,15H,3,8-9,13-14H2,1-2H3. The highest BCUT2D eigenvalue weighted by atomic mass is 32.1.